The molecule has 1 heterocycles. The van der Waals surface area contributed by atoms with Crippen molar-refractivity contribution in [3.63, 3.8) is 0 Å². The van der Waals surface area contributed by atoms with E-state index in [-0.39, 0.29) is 11.7 Å². The lowest BCUT2D eigenvalue weighted by Crippen LogP contribution is -2.34. The lowest BCUT2D eigenvalue weighted by molar-refractivity contribution is -0.137. The molecule has 1 amide bonds. The highest BCUT2D eigenvalue weighted by molar-refractivity contribution is 6.31. The number of hydrogen-bond acceptors (Lipinski definition) is 3. The summed E-state index contributed by atoms with van der Waals surface area (Å²) >= 11 is 5.66. The SMILES string of the molecule is CC(NC(C(=O)Nc1ccc(Cl)c(C(F)(F)F)c1)c1ccccc1)c1cccnc1. The first-order valence-corrected chi connectivity index (χ1v) is 9.52. The van der Waals surface area contributed by atoms with Crippen LogP contribution in [0.15, 0.2) is 73.1 Å². The van der Waals surface area contributed by atoms with E-state index in [1.807, 2.05) is 19.1 Å². The van der Waals surface area contributed by atoms with Crippen molar-refractivity contribution < 1.29 is 18.0 Å². The minimum absolute atomic E-state index is 0.00786. The Morgan fingerprint density at radius 3 is 2.37 bits per heavy atom. The second-order valence-corrected chi connectivity index (χ2v) is 7.11. The summed E-state index contributed by atoms with van der Waals surface area (Å²) < 4.78 is 39.4. The standard InChI is InChI=1S/C22H19ClF3N3O/c1-14(16-8-5-11-27-13-16)28-20(15-6-3-2-4-7-15)21(30)29-17-9-10-19(23)18(12-17)22(24,25)26/h2-14,20,28H,1H3,(H,29,30). The molecule has 2 unspecified atom stereocenters. The van der Waals surface area contributed by atoms with Crippen LogP contribution in [0.1, 0.15) is 35.7 Å². The zero-order valence-corrected chi connectivity index (χ0v) is 16.7. The zero-order chi connectivity index (χ0) is 21.7. The molecule has 0 fully saturated rings. The van der Waals surface area contributed by atoms with E-state index in [4.69, 9.17) is 11.6 Å². The van der Waals surface area contributed by atoms with Crippen LogP contribution in [0, 0.1) is 0 Å². The smallest absolute Gasteiger partial charge is 0.324 e. The third kappa shape index (κ3) is 5.37. The van der Waals surface area contributed by atoms with Gasteiger partial charge in [0.05, 0.1) is 10.6 Å². The molecule has 0 aliphatic heterocycles. The van der Waals surface area contributed by atoms with Gasteiger partial charge in [-0.25, -0.2) is 0 Å². The third-order valence-corrected chi connectivity index (χ3v) is 4.87. The number of nitrogens with one attached hydrogen (secondary N) is 2. The van der Waals surface area contributed by atoms with Gasteiger partial charge in [0.15, 0.2) is 0 Å². The normalized spacial score (nSPS) is 13.5. The molecule has 3 rings (SSSR count). The van der Waals surface area contributed by atoms with Crippen molar-refractivity contribution in [3.05, 3.63) is 94.8 Å². The lowest BCUT2D eigenvalue weighted by atomic mass is 10.0. The van der Waals surface area contributed by atoms with Gasteiger partial charge in [0, 0.05) is 24.1 Å². The van der Waals surface area contributed by atoms with E-state index in [1.165, 1.54) is 6.07 Å². The summed E-state index contributed by atoms with van der Waals surface area (Å²) in [6, 6.07) is 14.8. The van der Waals surface area contributed by atoms with Gasteiger partial charge in [-0.3, -0.25) is 15.1 Å². The molecule has 0 saturated carbocycles. The van der Waals surface area contributed by atoms with E-state index >= 15 is 0 Å². The summed E-state index contributed by atoms with van der Waals surface area (Å²) in [6.07, 6.45) is -1.29. The Kier molecular flexibility index (Phi) is 6.74. The molecule has 0 radical (unpaired) electrons. The van der Waals surface area contributed by atoms with Gasteiger partial charge in [0.2, 0.25) is 5.91 Å². The summed E-state index contributed by atoms with van der Waals surface area (Å²) in [7, 11) is 0. The first kappa shape index (κ1) is 21.8. The molecule has 2 atom stereocenters. The Balaban J connectivity index is 1.86. The van der Waals surface area contributed by atoms with Crippen molar-refractivity contribution in [1.29, 1.82) is 0 Å². The van der Waals surface area contributed by atoms with E-state index in [9.17, 15) is 18.0 Å². The number of alkyl halides is 3. The molecular weight excluding hydrogens is 415 g/mol. The van der Waals surface area contributed by atoms with Crippen LogP contribution in [0.3, 0.4) is 0 Å². The van der Waals surface area contributed by atoms with Crippen LogP contribution < -0.4 is 10.6 Å². The summed E-state index contributed by atoms with van der Waals surface area (Å²) in [5, 5.41) is 5.36. The number of pyridine rings is 1. The van der Waals surface area contributed by atoms with E-state index in [2.05, 4.69) is 15.6 Å². The van der Waals surface area contributed by atoms with E-state index in [0.717, 1.165) is 17.7 Å². The number of halogens is 4. The van der Waals surface area contributed by atoms with E-state index in [0.29, 0.717) is 5.56 Å². The van der Waals surface area contributed by atoms with Gasteiger partial charge in [-0.2, -0.15) is 13.2 Å². The zero-order valence-electron chi connectivity index (χ0n) is 16.0. The second-order valence-electron chi connectivity index (χ2n) is 6.70. The van der Waals surface area contributed by atoms with Crippen LogP contribution in [0.2, 0.25) is 5.02 Å². The lowest BCUT2D eigenvalue weighted by Gasteiger charge is -2.23. The molecule has 0 saturated heterocycles. The van der Waals surface area contributed by atoms with Gasteiger partial charge >= 0.3 is 6.18 Å². The van der Waals surface area contributed by atoms with Crippen LogP contribution in [-0.4, -0.2) is 10.9 Å². The quantitative estimate of drug-likeness (QED) is 0.517. The van der Waals surface area contributed by atoms with Crippen LogP contribution in [-0.2, 0) is 11.0 Å². The van der Waals surface area contributed by atoms with Gasteiger partial charge in [-0.1, -0.05) is 48.0 Å². The minimum Gasteiger partial charge on any atom is -0.324 e. The highest BCUT2D eigenvalue weighted by atomic mass is 35.5. The fourth-order valence-electron chi connectivity index (χ4n) is 2.98. The molecule has 0 bridgehead atoms. The number of aromatic nitrogens is 1. The molecule has 156 valence electrons. The van der Waals surface area contributed by atoms with E-state index < -0.39 is 28.7 Å². The molecule has 2 N–H and O–H groups in total. The molecule has 1 aromatic heterocycles. The number of carbonyl (C=O) groups is 1. The van der Waals surface area contributed by atoms with Crippen molar-refractivity contribution in [2.75, 3.05) is 5.32 Å². The number of amides is 1. The fourth-order valence-corrected chi connectivity index (χ4v) is 3.21. The molecule has 0 aliphatic carbocycles. The Labute approximate surface area is 177 Å². The van der Waals surface area contributed by atoms with Gasteiger partial charge in [-0.05, 0) is 42.3 Å². The number of benzene rings is 2. The summed E-state index contributed by atoms with van der Waals surface area (Å²) in [6.45, 7) is 1.88. The summed E-state index contributed by atoms with van der Waals surface area (Å²) in [4.78, 5) is 17.1. The molecule has 3 aromatic rings. The van der Waals surface area contributed by atoms with Crippen LogP contribution >= 0.6 is 11.6 Å². The first-order chi connectivity index (χ1) is 14.3. The average molecular weight is 434 g/mol. The number of nitrogens with zero attached hydrogens (tertiary/aromatic N) is 1. The van der Waals surface area contributed by atoms with Gasteiger partial charge in [-0.15, -0.1) is 0 Å². The third-order valence-electron chi connectivity index (χ3n) is 4.54. The van der Waals surface area contributed by atoms with Crippen molar-refractivity contribution in [2.45, 2.75) is 25.2 Å². The second kappa shape index (κ2) is 9.28. The topological polar surface area (TPSA) is 54.0 Å². The molecule has 2 aromatic carbocycles. The fraction of sp³-hybridized carbons (Fsp3) is 0.182. The highest BCUT2D eigenvalue weighted by Crippen LogP contribution is 2.36. The Morgan fingerprint density at radius 2 is 1.73 bits per heavy atom. The molecule has 8 heteroatoms. The first-order valence-electron chi connectivity index (χ1n) is 9.14. The van der Waals surface area contributed by atoms with Gasteiger partial charge in [0.25, 0.3) is 0 Å². The van der Waals surface area contributed by atoms with Crippen LogP contribution in [0.5, 0.6) is 0 Å². The highest BCUT2D eigenvalue weighted by Gasteiger charge is 2.33. The van der Waals surface area contributed by atoms with Crippen LogP contribution in [0.4, 0.5) is 18.9 Å². The number of hydrogen-bond donors (Lipinski definition) is 2. The summed E-state index contributed by atoms with van der Waals surface area (Å²) in [5.41, 5.74) is 0.552. The van der Waals surface area contributed by atoms with Gasteiger partial charge < -0.3 is 5.32 Å². The predicted molar refractivity (Wildman–Crippen MR) is 110 cm³/mol. The Morgan fingerprint density at radius 1 is 1.03 bits per heavy atom. The van der Waals surface area contributed by atoms with Crippen LogP contribution in [0.25, 0.3) is 0 Å². The van der Waals surface area contributed by atoms with Crippen molar-refractivity contribution in [3.8, 4) is 0 Å². The monoisotopic (exact) mass is 433 g/mol. The Bertz CT molecular complexity index is 998. The average Bonchev–Trinajstić information content (AvgIpc) is 2.73. The maximum atomic E-state index is 13.1. The maximum absolute atomic E-state index is 13.1. The van der Waals surface area contributed by atoms with Crippen molar-refractivity contribution >= 4 is 23.2 Å². The Hall–Kier alpha value is -2.90. The number of carbonyl (C=O) groups excluding carboxylic acids is 1. The molecule has 0 spiro atoms. The largest absolute Gasteiger partial charge is 0.417 e. The van der Waals surface area contributed by atoms with Crippen molar-refractivity contribution in [2.24, 2.45) is 0 Å². The number of rotatable bonds is 6. The summed E-state index contributed by atoms with van der Waals surface area (Å²) in [5.74, 6) is -0.493. The van der Waals surface area contributed by atoms with Crippen molar-refractivity contribution in [1.82, 2.24) is 10.3 Å². The molecular formula is C22H19ClF3N3O. The minimum atomic E-state index is -4.62. The molecule has 4 nitrogen and oxygen atoms in total. The predicted octanol–water partition coefficient (Wildman–Crippen LogP) is 5.78. The van der Waals surface area contributed by atoms with E-state index in [1.54, 1.807) is 42.7 Å². The van der Waals surface area contributed by atoms with Gasteiger partial charge in [0.1, 0.15) is 6.04 Å². The molecule has 30 heavy (non-hydrogen) atoms. The number of anilines is 1. The maximum Gasteiger partial charge on any atom is 0.417 e. The molecule has 0 aliphatic rings.